The normalized spacial score (nSPS) is 24.1. The van der Waals surface area contributed by atoms with E-state index in [2.05, 4.69) is 45.0 Å². The Morgan fingerprint density at radius 3 is 2.57 bits per heavy atom. The van der Waals surface area contributed by atoms with Crippen LogP contribution in [0.3, 0.4) is 0 Å². The quantitative estimate of drug-likeness (QED) is 0.925. The van der Waals surface area contributed by atoms with Gasteiger partial charge in [0.15, 0.2) is 0 Å². The van der Waals surface area contributed by atoms with E-state index in [4.69, 9.17) is 5.73 Å². The zero-order chi connectivity index (χ0) is 15.4. The van der Waals surface area contributed by atoms with Crippen molar-refractivity contribution in [2.24, 2.45) is 11.7 Å². The lowest BCUT2D eigenvalue weighted by molar-refractivity contribution is -0.135. The number of nitrogens with two attached hydrogens (primary N) is 1. The fourth-order valence-electron chi connectivity index (χ4n) is 3.32. The Hall–Kier alpha value is -1.35. The van der Waals surface area contributed by atoms with Crippen LogP contribution in [0.5, 0.6) is 0 Å². The molecule has 3 heteroatoms. The molecule has 1 heterocycles. The highest BCUT2D eigenvalue weighted by Crippen LogP contribution is 2.29. The third-order valence-corrected chi connectivity index (χ3v) is 4.66. The second kappa shape index (κ2) is 7.08. The van der Waals surface area contributed by atoms with Gasteiger partial charge in [-0.2, -0.15) is 0 Å². The molecule has 0 aliphatic carbocycles. The second-order valence-corrected chi connectivity index (χ2v) is 6.69. The second-order valence-electron chi connectivity index (χ2n) is 6.69. The lowest BCUT2D eigenvalue weighted by atomic mass is 9.85. The highest BCUT2D eigenvalue weighted by molar-refractivity contribution is 5.77. The minimum Gasteiger partial charge on any atom is -0.340 e. The molecule has 2 rings (SSSR count). The van der Waals surface area contributed by atoms with Crippen LogP contribution in [0.1, 0.15) is 51.5 Å². The van der Waals surface area contributed by atoms with Gasteiger partial charge in [-0.1, -0.05) is 44.2 Å². The molecule has 3 atom stereocenters. The molecule has 1 fully saturated rings. The molecule has 1 aliphatic heterocycles. The molecule has 0 bridgehead atoms. The lowest BCUT2D eigenvalue weighted by Gasteiger charge is -2.37. The van der Waals surface area contributed by atoms with Crippen LogP contribution in [0, 0.1) is 5.92 Å². The number of hydrogen-bond donors (Lipinski definition) is 1. The van der Waals surface area contributed by atoms with Gasteiger partial charge in [-0.05, 0) is 37.2 Å². The molecule has 116 valence electrons. The number of carbonyl (C=O) groups excluding carboxylic acids is 1. The number of carbonyl (C=O) groups is 1. The van der Waals surface area contributed by atoms with Crippen molar-refractivity contribution >= 4 is 5.91 Å². The van der Waals surface area contributed by atoms with Crippen molar-refractivity contribution < 1.29 is 4.79 Å². The summed E-state index contributed by atoms with van der Waals surface area (Å²) in [7, 11) is 0. The van der Waals surface area contributed by atoms with Gasteiger partial charge in [-0.3, -0.25) is 4.79 Å². The molecule has 21 heavy (non-hydrogen) atoms. The van der Waals surface area contributed by atoms with Gasteiger partial charge >= 0.3 is 0 Å². The summed E-state index contributed by atoms with van der Waals surface area (Å²) in [6.07, 6.45) is 2.44. The number of piperidine rings is 1. The summed E-state index contributed by atoms with van der Waals surface area (Å²) in [5.41, 5.74) is 7.26. The van der Waals surface area contributed by atoms with Gasteiger partial charge < -0.3 is 10.6 Å². The molecule has 2 N–H and O–H groups in total. The predicted octanol–water partition coefficient (Wildman–Crippen LogP) is 3.15. The average Bonchev–Trinajstić information content (AvgIpc) is 2.45. The standard InChI is InChI=1S/C18H28N2O/c1-13(2)17(15-7-5-4-6-8-15)12-18(21)20-10-9-16(19)11-14(20)3/h4-8,13-14,16-17H,9-12,19H2,1-3H3/t14-,16+,17+/m1/s1. The van der Waals surface area contributed by atoms with Crippen LogP contribution in [0.4, 0.5) is 0 Å². The van der Waals surface area contributed by atoms with E-state index in [0.29, 0.717) is 18.3 Å². The number of likely N-dealkylation sites (tertiary alicyclic amines) is 1. The van der Waals surface area contributed by atoms with Gasteiger partial charge in [0.1, 0.15) is 0 Å². The molecule has 0 unspecified atom stereocenters. The van der Waals surface area contributed by atoms with Crippen LogP contribution in [0.25, 0.3) is 0 Å². The first-order chi connectivity index (χ1) is 9.99. The maximum Gasteiger partial charge on any atom is 0.223 e. The van der Waals surface area contributed by atoms with E-state index in [-0.39, 0.29) is 18.0 Å². The number of hydrogen-bond acceptors (Lipinski definition) is 2. The van der Waals surface area contributed by atoms with Crippen molar-refractivity contribution in [3.8, 4) is 0 Å². The van der Waals surface area contributed by atoms with E-state index in [1.165, 1.54) is 5.56 Å². The minimum atomic E-state index is 0.249. The molecule has 1 aromatic carbocycles. The molecule has 0 spiro atoms. The van der Waals surface area contributed by atoms with E-state index in [1.807, 2.05) is 11.0 Å². The zero-order valence-electron chi connectivity index (χ0n) is 13.5. The molecular weight excluding hydrogens is 260 g/mol. The van der Waals surface area contributed by atoms with E-state index < -0.39 is 0 Å². The van der Waals surface area contributed by atoms with Gasteiger partial charge in [0.25, 0.3) is 0 Å². The summed E-state index contributed by atoms with van der Waals surface area (Å²) in [5.74, 6) is 1.03. The molecule has 1 amide bonds. The third-order valence-electron chi connectivity index (χ3n) is 4.66. The Kier molecular flexibility index (Phi) is 5.40. The SMILES string of the molecule is CC(C)[C@H](CC(=O)N1CC[C@H](N)C[C@H]1C)c1ccccc1. The highest BCUT2D eigenvalue weighted by atomic mass is 16.2. The molecular formula is C18H28N2O. The highest BCUT2D eigenvalue weighted by Gasteiger charge is 2.29. The third kappa shape index (κ3) is 4.07. The first-order valence-electron chi connectivity index (χ1n) is 8.09. The van der Waals surface area contributed by atoms with Gasteiger partial charge in [0.05, 0.1) is 0 Å². The fourth-order valence-corrected chi connectivity index (χ4v) is 3.32. The van der Waals surface area contributed by atoms with Crippen LogP contribution >= 0.6 is 0 Å². The Bertz CT molecular complexity index is 458. The first-order valence-corrected chi connectivity index (χ1v) is 8.09. The van der Waals surface area contributed by atoms with Gasteiger partial charge in [0.2, 0.25) is 5.91 Å². The number of rotatable bonds is 4. The number of amides is 1. The topological polar surface area (TPSA) is 46.3 Å². The lowest BCUT2D eigenvalue weighted by Crippen LogP contribution is -2.48. The average molecular weight is 288 g/mol. The molecule has 1 saturated heterocycles. The summed E-state index contributed by atoms with van der Waals surface area (Å²) in [5, 5.41) is 0. The Morgan fingerprint density at radius 2 is 2.00 bits per heavy atom. The van der Waals surface area contributed by atoms with Crippen molar-refractivity contribution in [1.82, 2.24) is 4.90 Å². The Labute approximate surface area is 128 Å². The van der Waals surface area contributed by atoms with Gasteiger partial charge in [-0.15, -0.1) is 0 Å². The van der Waals surface area contributed by atoms with E-state index >= 15 is 0 Å². The number of benzene rings is 1. The summed E-state index contributed by atoms with van der Waals surface area (Å²) in [6.45, 7) is 7.31. The predicted molar refractivity (Wildman–Crippen MR) is 87.0 cm³/mol. The number of nitrogens with zero attached hydrogens (tertiary/aromatic N) is 1. The maximum atomic E-state index is 12.7. The molecule has 3 nitrogen and oxygen atoms in total. The van der Waals surface area contributed by atoms with Crippen molar-refractivity contribution in [2.45, 2.75) is 58.0 Å². The van der Waals surface area contributed by atoms with Crippen LogP contribution < -0.4 is 5.73 Å². The molecule has 0 aromatic heterocycles. The Morgan fingerprint density at radius 1 is 1.33 bits per heavy atom. The van der Waals surface area contributed by atoms with Crippen molar-refractivity contribution in [2.75, 3.05) is 6.54 Å². The van der Waals surface area contributed by atoms with Crippen molar-refractivity contribution in [3.63, 3.8) is 0 Å². The van der Waals surface area contributed by atoms with E-state index in [0.717, 1.165) is 19.4 Å². The fraction of sp³-hybridized carbons (Fsp3) is 0.611. The van der Waals surface area contributed by atoms with Crippen LogP contribution in [0.15, 0.2) is 30.3 Å². The van der Waals surface area contributed by atoms with Gasteiger partial charge in [0, 0.05) is 25.0 Å². The largest absolute Gasteiger partial charge is 0.340 e. The van der Waals surface area contributed by atoms with Crippen LogP contribution in [0.2, 0.25) is 0 Å². The molecule has 0 saturated carbocycles. The molecule has 0 radical (unpaired) electrons. The Balaban J connectivity index is 2.05. The minimum absolute atomic E-state index is 0.249. The zero-order valence-corrected chi connectivity index (χ0v) is 13.5. The van der Waals surface area contributed by atoms with Crippen LogP contribution in [-0.4, -0.2) is 29.4 Å². The van der Waals surface area contributed by atoms with E-state index in [1.54, 1.807) is 0 Å². The summed E-state index contributed by atoms with van der Waals surface area (Å²) < 4.78 is 0. The monoisotopic (exact) mass is 288 g/mol. The summed E-state index contributed by atoms with van der Waals surface area (Å²) in [6, 6.07) is 10.9. The van der Waals surface area contributed by atoms with Gasteiger partial charge in [-0.25, -0.2) is 0 Å². The van der Waals surface area contributed by atoms with Crippen molar-refractivity contribution in [3.05, 3.63) is 35.9 Å². The first kappa shape index (κ1) is 16.0. The maximum absolute atomic E-state index is 12.7. The molecule has 1 aromatic rings. The summed E-state index contributed by atoms with van der Waals surface area (Å²) >= 11 is 0. The molecule has 1 aliphatic rings. The van der Waals surface area contributed by atoms with E-state index in [9.17, 15) is 4.79 Å². The van der Waals surface area contributed by atoms with Crippen molar-refractivity contribution in [1.29, 1.82) is 0 Å². The smallest absolute Gasteiger partial charge is 0.223 e. The summed E-state index contributed by atoms with van der Waals surface area (Å²) in [4.78, 5) is 14.7. The van der Waals surface area contributed by atoms with Crippen LogP contribution in [-0.2, 0) is 4.79 Å².